The smallest absolute Gasteiger partial charge is 0.191 e. The quantitative estimate of drug-likeness (QED) is 0.379. The second-order valence-electron chi connectivity index (χ2n) is 5.29. The van der Waals surface area contributed by atoms with Crippen LogP contribution in [-0.2, 0) is 12.8 Å². The van der Waals surface area contributed by atoms with E-state index in [9.17, 15) is 8.78 Å². The second kappa shape index (κ2) is 11.7. The molecule has 136 valence electrons. The van der Waals surface area contributed by atoms with Crippen molar-refractivity contribution in [1.82, 2.24) is 15.6 Å². The number of aromatic nitrogens is 1. The third-order valence-electron chi connectivity index (χ3n) is 3.34. The number of nitrogens with zero attached hydrogens (tertiary/aromatic N) is 2. The Kier molecular flexibility index (Phi) is 9.98. The standard InChI is InChI=1S/C18H22F2N4.HI/c1-2-21-18(24-10-7-17-5-3-4-8-22-17)23-9-6-14-11-15(19)13-16(20)12-14;/h3-5,8,11-13H,2,6-7,9-10H2,1H3,(H2,21,23,24);1H. The summed E-state index contributed by atoms with van der Waals surface area (Å²) in [6.45, 7) is 3.88. The van der Waals surface area contributed by atoms with Gasteiger partial charge in [0.25, 0.3) is 0 Å². The van der Waals surface area contributed by atoms with E-state index in [0.717, 1.165) is 24.7 Å². The zero-order valence-corrected chi connectivity index (χ0v) is 16.5. The van der Waals surface area contributed by atoms with Crippen LogP contribution in [-0.4, -0.2) is 30.6 Å². The van der Waals surface area contributed by atoms with E-state index in [1.807, 2.05) is 25.1 Å². The van der Waals surface area contributed by atoms with Gasteiger partial charge in [-0.2, -0.15) is 0 Å². The van der Waals surface area contributed by atoms with Crippen molar-refractivity contribution in [3.63, 3.8) is 0 Å². The average Bonchev–Trinajstić information content (AvgIpc) is 2.55. The van der Waals surface area contributed by atoms with E-state index in [2.05, 4.69) is 20.6 Å². The van der Waals surface area contributed by atoms with Crippen LogP contribution in [0.5, 0.6) is 0 Å². The first kappa shape index (κ1) is 21.3. The molecule has 0 aliphatic carbocycles. The molecule has 0 saturated carbocycles. The molecule has 0 aliphatic heterocycles. The molecule has 7 heteroatoms. The summed E-state index contributed by atoms with van der Waals surface area (Å²) < 4.78 is 26.3. The zero-order valence-electron chi connectivity index (χ0n) is 14.1. The van der Waals surface area contributed by atoms with Crippen LogP contribution in [0.3, 0.4) is 0 Å². The van der Waals surface area contributed by atoms with Gasteiger partial charge in [0.15, 0.2) is 5.96 Å². The SMILES string of the molecule is CCNC(=NCCc1ccccn1)NCCc1cc(F)cc(F)c1.I. The first-order valence-corrected chi connectivity index (χ1v) is 8.04. The van der Waals surface area contributed by atoms with Crippen molar-refractivity contribution < 1.29 is 8.78 Å². The maximum absolute atomic E-state index is 13.2. The molecule has 0 bridgehead atoms. The van der Waals surface area contributed by atoms with Gasteiger partial charge in [-0.15, -0.1) is 24.0 Å². The summed E-state index contributed by atoms with van der Waals surface area (Å²) in [5, 5.41) is 6.32. The number of pyridine rings is 1. The van der Waals surface area contributed by atoms with E-state index in [1.165, 1.54) is 12.1 Å². The molecular weight excluding hydrogens is 437 g/mol. The molecule has 0 saturated heterocycles. The highest BCUT2D eigenvalue weighted by atomic mass is 127. The highest BCUT2D eigenvalue weighted by Gasteiger charge is 2.02. The zero-order chi connectivity index (χ0) is 17.2. The van der Waals surface area contributed by atoms with Gasteiger partial charge >= 0.3 is 0 Å². The number of hydrogen-bond donors (Lipinski definition) is 2. The van der Waals surface area contributed by atoms with Gasteiger partial charge in [-0.25, -0.2) is 8.78 Å². The van der Waals surface area contributed by atoms with Crippen molar-refractivity contribution >= 4 is 29.9 Å². The summed E-state index contributed by atoms with van der Waals surface area (Å²) in [5.41, 5.74) is 1.61. The molecule has 0 spiro atoms. The Morgan fingerprint density at radius 3 is 2.48 bits per heavy atom. The number of hydrogen-bond acceptors (Lipinski definition) is 2. The molecule has 25 heavy (non-hydrogen) atoms. The number of guanidine groups is 1. The third kappa shape index (κ3) is 8.24. The molecule has 0 radical (unpaired) electrons. The molecule has 2 N–H and O–H groups in total. The second-order valence-corrected chi connectivity index (χ2v) is 5.29. The first-order valence-electron chi connectivity index (χ1n) is 8.04. The van der Waals surface area contributed by atoms with Gasteiger partial charge in [0, 0.05) is 44.0 Å². The molecule has 1 aromatic carbocycles. The van der Waals surface area contributed by atoms with Crippen molar-refractivity contribution in [2.45, 2.75) is 19.8 Å². The molecule has 2 rings (SSSR count). The Balaban J connectivity index is 0.00000312. The minimum atomic E-state index is -0.555. The molecule has 0 fully saturated rings. The molecule has 2 aromatic rings. The number of rotatable bonds is 7. The maximum atomic E-state index is 13.2. The lowest BCUT2D eigenvalue weighted by molar-refractivity contribution is 0.579. The van der Waals surface area contributed by atoms with Gasteiger partial charge in [0.2, 0.25) is 0 Å². The van der Waals surface area contributed by atoms with Gasteiger partial charge in [0.1, 0.15) is 11.6 Å². The monoisotopic (exact) mass is 460 g/mol. The first-order chi connectivity index (χ1) is 11.7. The summed E-state index contributed by atoms with van der Waals surface area (Å²) in [6, 6.07) is 9.36. The van der Waals surface area contributed by atoms with Gasteiger partial charge < -0.3 is 10.6 Å². The van der Waals surface area contributed by atoms with Crippen LogP contribution < -0.4 is 10.6 Å². The van der Waals surface area contributed by atoms with Crippen LogP contribution in [0.4, 0.5) is 8.78 Å². The molecule has 0 amide bonds. The fraction of sp³-hybridized carbons (Fsp3) is 0.333. The van der Waals surface area contributed by atoms with Crippen LogP contribution in [0.25, 0.3) is 0 Å². The highest BCUT2D eigenvalue weighted by Crippen LogP contribution is 2.08. The minimum absolute atomic E-state index is 0. The van der Waals surface area contributed by atoms with Crippen molar-refractivity contribution in [3.8, 4) is 0 Å². The number of aliphatic imine (C=N–C) groups is 1. The Bertz CT molecular complexity index is 645. The molecule has 1 heterocycles. The Labute approximate surface area is 164 Å². The predicted octanol–water partition coefficient (Wildman–Crippen LogP) is 3.32. The summed E-state index contributed by atoms with van der Waals surface area (Å²) >= 11 is 0. The van der Waals surface area contributed by atoms with Gasteiger partial charge in [0.05, 0.1) is 0 Å². The summed E-state index contributed by atoms with van der Waals surface area (Å²) in [5.74, 6) is -0.424. The van der Waals surface area contributed by atoms with Gasteiger partial charge in [-0.05, 0) is 43.2 Å². The van der Waals surface area contributed by atoms with Gasteiger partial charge in [-0.1, -0.05) is 6.07 Å². The van der Waals surface area contributed by atoms with Crippen molar-refractivity contribution in [2.75, 3.05) is 19.6 Å². The van der Waals surface area contributed by atoms with Crippen molar-refractivity contribution in [2.24, 2.45) is 4.99 Å². The van der Waals surface area contributed by atoms with E-state index in [-0.39, 0.29) is 24.0 Å². The number of benzene rings is 1. The lowest BCUT2D eigenvalue weighted by Gasteiger charge is -2.11. The maximum Gasteiger partial charge on any atom is 0.191 e. The minimum Gasteiger partial charge on any atom is -0.357 e. The topological polar surface area (TPSA) is 49.3 Å². The summed E-state index contributed by atoms with van der Waals surface area (Å²) in [6.07, 6.45) is 3.03. The van der Waals surface area contributed by atoms with E-state index in [0.29, 0.717) is 31.0 Å². The molecule has 0 aliphatic rings. The van der Waals surface area contributed by atoms with E-state index < -0.39 is 11.6 Å². The fourth-order valence-electron chi connectivity index (χ4n) is 2.25. The Morgan fingerprint density at radius 1 is 1.08 bits per heavy atom. The average molecular weight is 460 g/mol. The van der Waals surface area contributed by atoms with E-state index >= 15 is 0 Å². The highest BCUT2D eigenvalue weighted by molar-refractivity contribution is 14.0. The summed E-state index contributed by atoms with van der Waals surface area (Å²) in [7, 11) is 0. The number of halogens is 3. The lowest BCUT2D eigenvalue weighted by atomic mass is 10.1. The molecular formula is C18H23F2IN4. The van der Waals surface area contributed by atoms with Crippen molar-refractivity contribution in [3.05, 3.63) is 65.5 Å². The molecule has 4 nitrogen and oxygen atoms in total. The fourth-order valence-corrected chi connectivity index (χ4v) is 2.25. The molecule has 0 unspecified atom stereocenters. The normalized spacial score (nSPS) is 10.9. The number of nitrogens with one attached hydrogen (secondary N) is 2. The van der Waals surface area contributed by atoms with Crippen LogP contribution >= 0.6 is 24.0 Å². The van der Waals surface area contributed by atoms with E-state index in [4.69, 9.17) is 0 Å². The van der Waals surface area contributed by atoms with Crippen LogP contribution in [0.1, 0.15) is 18.2 Å². The van der Waals surface area contributed by atoms with Crippen LogP contribution in [0, 0.1) is 11.6 Å². The largest absolute Gasteiger partial charge is 0.357 e. The van der Waals surface area contributed by atoms with Crippen LogP contribution in [0.15, 0.2) is 47.6 Å². The van der Waals surface area contributed by atoms with Crippen molar-refractivity contribution in [1.29, 1.82) is 0 Å². The predicted molar refractivity (Wildman–Crippen MR) is 107 cm³/mol. The molecule has 1 aromatic heterocycles. The van der Waals surface area contributed by atoms with Gasteiger partial charge in [-0.3, -0.25) is 9.98 Å². The van der Waals surface area contributed by atoms with Crippen LogP contribution in [0.2, 0.25) is 0 Å². The van der Waals surface area contributed by atoms with E-state index in [1.54, 1.807) is 6.20 Å². The Hall–Kier alpha value is -1.77. The molecule has 0 atom stereocenters. The summed E-state index contributed by atoms with van der Waals surface area (Å²) in [4.78, 5) is 8.74. The Morgan fingerprint density at radius 2 is 1.84 bits per heavy atom. The lowest BCUT2D eigenvalue weighted by Crippen LogP contribution is -2.38. The third-order valence-corrected chi connectivity index (χ3v) is 3.34.